The van der Waals surface area contributed by atoms with Crippen LogP contribution in [0.2, 0.25) is 0 Å². The Labute approximate surface area is 130 Å². The van der Waals surface area contributed by atoms with Crippen molar-refractivity contribution < 1.29 is 18.7 Å². The van der Waals surface area contributed by atoms with Crippen LogP contribution in [0.15, 0.2) is 18.2 Å². The van der Waals surface area contributed by atoms with Crippen LogP contribution in [-0.2, 0) is 16.1 Å². The number of carbonyl (C=O) groups excluding carboxylic acids is 2. The highest BCUT2D eigenvalue weighted by Crippen LogP contribution is 2.16. The molecule has 0 radical (unpaired) electrons. The topological polar surface area (TPSA) is 58.6 Å². The Kier molecular flexibility index (Phi) is 6.34. The molecule has 1 rings (SSSR count). The number of rotatable bonds is 5. The van der Waals surface area contributed by atoms with Crippen molar-refractivity contribution in [3.05, 3.63) is 29.6 Å². The summed E-state index contributed by atoms with van der Waals surface area (Å²) in [6.45, 7) is 7.32. The summed E-state index contributed by atoms with van der Waals surface area (Å²) < 4.78 is 18.7. The van der Waals surface area contributed by atoms with Crippen molar-refractivity contribution in [1.82, 2.24) is 10.2 Å². The number of benzene rings is 1. The van der Waals surface area contributed by atoms with Crippen molar-refractivity contribution in [2.45, 2.75) is 46.3 Å². The number of carbonyl (C=O) groups is 2. The first kappa shape index (κ1) is 17.9. The van der Waals surface area contributed by atoms with Gasteiger partial charge >= 0.3 is 11.8 Å². The molecule has 1 N–H and O–H groups in total. The lowest BCUT2D eigenvalue weighted by molar-refractivity contribution is -0.148. The second-order valence-corrected chi connectivity index (χ2v) is 5.54. The summed E-state index contributed by atoms with van der Waals surface area (Å²) in [5, 5.41) is 2.46. The molecule has 0 heterocycles. The maximum absolute atomic E-state index is 13.8. The number of nitrogens with zero attached hydrogens (tertiary/aromatic N) is 1. The molecule has 0 spiro atoms. The molecule has 0 aliphatic carbocycles. The highest BCUT2D eigenvalue weighted by atomic mass is 19.1. The third kappa shape index (κ3) is 4.44. The largest absolute Gasteiger partial charge is 0.497 e. The van der Waals surface area contributed by atoms with Crippen molar-refractivity contribution in [2.24, 2.45) is 0 Å². The minimum absolute atomic E-state index is 0.0512. The lowest BCUT2D eigenvalue weighted by Gasteiger charge is -2.30. The molecular formula is C16H23FN2O3. The standard InChI is InChI=1S/C16H23FN2O3/c1-10(2)19(11(3)4)16(21)15(20)18-9-12-6-7-13(22-5)8-14(12)17/h6-8,10-11H,9H2,1-5H3,(H,18,20). The van der Waals surface area contributed by atoms with Crippen LogP contribution in [0.1, 0.15) is 33.3 Å². The molecule has 1 aromatic rings. The molecule has 2 amide bonds. The first-order valence-corrected chi connectivity index (χ1v) is 7.20. The second kappa shape index (κ2) is 7.77. The zero-order valence-electron chi connectivity index (χ0n) is 13.6. The van der Waals surface area contributed by atoms with Crippen molar-refractivity contribution >= 4 is 11.8 Å². The minimum atomic E-state index is -0.738. The summed E-state index contributed by atoms with van der Waals surface area (Å²) >= 11 is 0. The zero-order valence-corrected chi connectivity index (χ0v) is 13.6. The summed E-state index contributed by atoms with van der Waals surface area (Å²) in [4.78, 5) is 25.6. The van der Waals surface area contributed by atoms with E-state index in [9.17, 15) is 14.0 Å². The van der Waals surface area contributed by atoms with Crippen LogP contribution >= 0.6 is 0 Å². The lowest BCUT2D eigenvalue weighted by atomic mass is 10.2. The molecule has 0 atom stereocenters. The molecule has 0 fully saturated rings. The van der Waals surface area contributed by atoms with E-state index in [0.29, 0.717) is 11.3 Å². The van der Waals surface area contributed by atoms with Crippen LogP contribution in [-0.4, -0.2) is 35.9 Å². The van der Waals surface area contributed by atoms with E-state index in [1.807, 2.05) is 27.7 Å². The van der Waals surface area contributed by atoms with E-state index in [1.165, 1.54) is 24.1 Å². The smallest absolute Gasteiger partial charge is 0.312 e. The first-order chi connectivity index (χ1) is 10.3. The molecule has 0 saturated heterocycles. The highest BCUT2D eigenvalue weighted by molar-refractivity contribution is 6.35. The second-order valence-electron chi connectivity index (χ2n) is 5.54. The monoisotopic (exact) mass is 310 g/mol. The third-order valence-corrected chi connectivity index (χ3v) is 3.24. The fourth-order valence-corrected chi connectivity index (χ4v) is 2.23. The molecule has 0 aliphatic rings. The van der Waals surface area contributed by atoms with E-state index < -0.39 is 17.6 Å². The van der Waals surface area contributed by atoms with Gasteiger partial charge in [0.2, 0.25) is 0 Å². The lowest BCUT2D eigenvalue weighted by Crippen LogP contribution is -2.49. The quantitative estimate of drug-likeness (QED) is 0.847. The van der Waals surface area contributed by atoms with E-state index in [0.717, 1.165) is 0 Å². The molecule has 0 saturated carbocycles. The van der Waals surface area contributed by atoms with Crippen LogP contribution in [0.4, 0.5) is 4.39 Å². The predicted octanol–water partition coefficient (Wildman–Crippen LogP) is 2.10. The number of ether oxygens (including phenoxy) is 1. The van der Waals surface area contributed by atoms with Gasteiger partial charge in [0.25, 0.3) is 0 Å². The Morgan fingerprint density at radius 1 is 1.23 bits per heavy atom. The van der Waals surface area contributed by atoms with E-state index in [4.69, 9.17) is 4.74 Å². The molecule has 6 heteroatoms. The Bertz CT molecular complexity index is 536. The Balaban J connectivity index is 2.71. The fourth-order valence-electron chi connectivity index (χ4n) is 2.23. The third-order valence-electron chi connectivity index (χ3n) is 3.24. The average molecular weight is 310 g/mol. The molecule has 122 valence electrons. The van der Waals surface area contributed by atoms with Gasteiger partial charge in [-0.15, -0.1) is 0 Å². The van der Waals surface area contributed by atoms with Gasteiger partial charge in [-0.25, -0.2) is 4.39 Å². The highest BCUT2D eigenvalue weighted by Gasteiger charge is 2.26. The van der Waals surface area contributed by atoms with Crippen molar-refractivity contribution in [3.63, 3.8) is 0 Å². The average Bonchev–Trinajstić information content (AvgIpc) is 2.44. The molecule has 5 nitrogen and oxygen atoms in total. The van der Waals surface area contributed by atoms with Gasteiger partial charge in [0.1, 0.15) is 11.6 Å². The molecule has 0 bridgehead atoms. The van der Waals surface area contributed by atoms with Crippen LogP contribution in [0, 0.1) is 5.82 Å². The van der Waals surface area contributed by atoms with Gasteiger partial charge in [-0.1, -0.05) is 6.07 Å². The maximum Gasteiger partial charge on any atom is 0.312 e. The van der Waals surface area contributed by atoms with E-state index >= 15 is 0 Å². The van der Waals surface area contributed by atoms with Crippen LogP contribution in [0.5, 0.6) is 5.75 Å². The summed E-state index contributed by atoms with van der Waals surface area (Å²) in [6, 6.07) is 4.17. The van der Waals surface area contributed by atoms with Crippen molar-refractivity contribution in [1.29, 1.82) is 0 Å². The predicted molar refractivity (Wildman–Crippen MR) is 81.9 cm³/mol. The summed E-state index contributed by atoms with van der Waals surface area (Å²) in [7, 11) is 1.45. The Hall–Kier alpha value is -2.11. The number of methoxy groups -OCH3 is 1. The zero-order chi connectivity index (χ0) is 16.9. The normalized spacial score (nSPS) is 10.7. The Morgan fingerprint density at radius 3 is 2.27 bits per heavy atom. The van der Waals surface area contributed by atoms with Gasteiger partial charge in [0.15, 0.2) is 0 Å². The van der Waals surface area contributed by atoms with Gasteiger partial charge in [0, 0.05) is 30.3 Å². The van der Waals surface area contributed by atoms with Crippen LogP contribution in [0.3, 0.4) is 0 Å². The SMILES string of the molecule is COc1ccc(CNC(=O)C(=O)N(C(C)C)C(C)C)c(F)c1. The number of hydrogen-bond acceptors (Lipinski definition) is 3. The Morgan fingerprint density at radius 2 is 1.82 bits per heavy atom. The summed E-state index contributed by atoms with van der Waals surface area (Å²) in [5.74, 6) is -1.44. The molecule has 22 heavy (non-hydrogen) atoms. The number of amides is 2. The van der Waals surface area contributed by atoms with Gasteiger partial charge in [-0.3, -0.25) is 9.59 Å². The number of halogens is 1. The molecule has 0 aromatic heterocycles. The number of hydrogen-bond donors (Lipinski definition) is 1. The summed E-state index contributed by atoms with van der Waals surface area (Å²) in [6.07, 6.45) is 0. The molecule has 0 unspecified atom stereocenters. The van der Waals surface area contributed by atoms with E-state index in [1.54, 1.807) is 6.07 Å². The van der Waals surface area contributed by atoms with Gasteiger partial charge in [0.05, 0.1) is 7.11 Å². The molecule has 0 aliphatic heterocycles. The van der Waals surface area contributed by atoms with Crippen molar-refractivity contribution in [3.8, 4) is 5.75 Å². The van der Waals surface area contributed by atoms with Crippen LogP contribution in [0.25, 0.3) is 0 Å². The van der Waals surface area contributed by atoms with E-state index in [2.05, 4.69) is 5.32 Å². The van der Waals surface area contributed by atoms with Crippen molar-refractivity contribution in [2.75, 3.05) is 7.11 Å². The van der Waals surface area contributed by atoms with Gasteiger partial charge in [-0.05, 0) is 33.8 Å². The molecular weight excluding hydrogens is 287 g/mol. The molecule has 1 aromatic carbocycles. The van der Waals surface area contributed by atoms with Crippen LogP contribution < -0.4 is 10.1 Å². The van der Waals surface area contributed by atoms with E-state index in [-0.39, 0.29) is 18.6 Å². The van der Waals surface area contributed by atoms with Gasteiger partial charge in [-0.2, -0.15) is 0 Å². The van der Waals surface area contributed by atoms with Gasteiger partial charge < -0.3 is 15.0 Å². The maximum atomic E-state index is 13.8. The summed E-state index contributed by atoms with van der Waals surface area (Å²) in [5.41, 5.74) is 0.294. The fraction of sp³-hybridized carbons (Fsp3) is 0.500. The first-order valence-electron chi connectivity index (χ1n) is 7.20. The number of nitrogens with one attached hydrogen (secondary N) is 1. The minimum Gasteiger partial charge on any atom is -0.497 e.